The highest BCUT2D eigenvalue weighted by Gasteiger charge is 2.53. The van der Waals surface area contributed by atoms with Gasteiger partial charge in [0, 0.05) is 65.6 Å². The number of aliphatic hydroxyl groups is 2. The molecule has 0 spiro atoms. The smallest absolute Gasteiger partial charge is 0.329 e. The van der Waals surface area contributed by atoms with E-state index in [4.69, 9.17) is 42.6 Å². The molecule has 75 heavy (non-hydrogen) atoms. The molecule has 4 aliphatic rings. The lowest BCUT2D eigenvalue weighted by atomic mass is 9.78. The Labute approximate surface area is 447 Å². The molecule has 17 heteroatoms. The summed E-state index contributed by atoms with van der Waals surface area (Å²) >= 11 is 0. The van der Waals surface area contributed by atoms with Gasteiger partial charge in [0.25, 0.3) is 11.7 Å². The van der Waals surface area contributed by atoms with Gasteiger partial charge in [-0.3, -0.25) is 19.2 Å². The van der Waals surface area contributed by atoms with Gasteiger partial charge in [0.1, 0.15) is 30.1 Å². The number of carbonyl (C=O) groups is 5. The summed E-state index contributed by atoms with van der Waals surface area (Å²) in [5, 5.41) is 23.7. The number of hydrogen-bond acceptors (Lipinski definition) is 16. The molecule has 2 N–H and O–H groups in total. The predicted octanol–water partition coefficient (Wildman–Crippen LogP) is 6.88. The van der Waals surface area contributed by atoms with Crippen LogP contribution in [0.3, 0.4) is 0 Å². The first-order valence-electron chi connectivity index (χ1n) is 27.5. The standard InChI is InChI=1S/C58H93NO16/c1-37-17-13-12-14-18-38(2)49(73-30-28-71-27-25-67-8)35-45-22-20-43(7)58(66,75-45)55(63)56(64)59-24-16-15-19-46(59)57(65)74-50(40(4)33-44-21-23-48(51(34-44)69-10)72-29-26-68-9)36-47(60)39(3)32-42(6)53(62)54(70-11)52(61)41(5)31-37/h12-14,17-18,32,37,39-41,43-46,48-51,53-54,62,66H,15-16,19-31,33-36H2,1-11H3/b14-12+,17-13+,38-18+,42-32+/t37-,39-,40-,41-,43-,44?,45+,46+,48-,49+,50?,51-,53-,54+,58-/m1/s1. The van der Waals surface area contributed by atoms with E-state index in [9.17, 15) is 34.2 Å². The molecule has 2 bridgehead atoms. The monoisotopic (exact) mass is 1060 g/mol. The highest BCUT2D eigenvalue weighted by atomic mass is 16.6. The van der Waals surface area contributed by atoms with E-state index >= 15 is 0 Å². The summed E-state index contributed by atoms with van der Waals surface area (Å²) in [6.45, 7) is 15.1. The Morgan fingerprint density at radius 3 is 2.19 bits per heavy atom. The lowest BCUT2D eigenvalue weighted by molar-refractivity contribution is -0.266. The number of ketones is 3. The maximum atomic E-state index is 14.6. The highest BCUT2D eigenvalue weighted by Crippen LogP contribution is 2.38. The molecule has 0 aromatic rings. The fourth-order valence-electron chi connectivity index (χ4n) is 11.0. The number of rotatable bonds is 16. The van der Waals surface area contributed by atoms with Crippen molar-refractivity contribution in [3.63, 3.8) is 0 Å². The minimum absolute atomic E-state index is 0.00579. The molecule has 4 rings (SSSR count). The number of carbonyl (C=O) groups excluding carboxylic acids is 5. The summed E-state index contributed by atoms with van der Waals surface area (Å²) < 4.78 is 52.5. The third kappa shape index (κ3) is 19.1. The van der Waals surface area contributed by atoms with Crippen molar-refractivity contribution >= 4 is 29.2 Å². The molecule has 2 unspecified atom stereocenters. The van der Waals surface area contributed by atoms with Gasteiger partial charge < -0.3 is 57.7 Å². The topological polar surface area (TPSA) is 212 Å². The zero-order chi connectivity index (χ0) is 55.2. The van der Waals surface area contributed by atoms with Gasteiger partial charge >= 0.3 is 5.97 Å². The molecule has 1 amide bonds. The molecule has 3 heterocycles. The predicted molar refractivity (Wildman–Crippen MR) is 282 cm³/mol. The van der Waals surface area contributed by atoms with Crippen molar-refractivity contribution in [2.24, 2.45) is 35.5 Å². The SMILES string of the molecule is COCCOCCO[C@H]1C[C@@H]2CC[C@@H](C)[C@@](O)(O2)C(=O)C(=O)N2CCCC[C@H]2C(=O)OC([C@H](C)CC2CC[C@@H](OCCOC)[C@H](OC)C2)CC(=O)[C@H](C)/C=C(\C)[C@@H](O)[C@@H](OC)C(=O)[C@H](C)C[C@H](C)/C=C/C=C/C=C/1C. The quantitative estimate of drug-likeness (QED) is 0.0698. The Morgan fingerprint density at radius 1 is 0.773 bits per heavy atom. The largest absolute Gasteiger partial charge is 0.460 e. The number of esters is 1. The first-order chi connectivity index (χ1) is 35.8. The van der Waals surface area contributed by atoms with Crippen LogP contribution in [-0.2, 0) is 66.6 Å². The number of ether oxygens (including phenoxy) is 9. The molecule has 0 aromatic carbocycles. The lowest BCUT2D eigenvalue weighted by Crippen LogP contribution is -2.61. The van der Waals surface area contributed by atoms with Gasteiger partial charge in [-0.25, -0.2) is 4.79 Å². The lowest BCUT2D eigenvalue weighted by Gasteiger charge is -2.43. The number of aliphatic hydroxyl groups excluding tert-OH is 1. The van der Waals surface area contributed by atoms with Crippen LogP contribution in [0.2, 0.25) is 0 Å². The summed E-state index contributed by atoms with van der Waals surface area (Å²) in [5.74, 6) is -8.06. The van der Waals surface area contributed by atoms with E-state index in [1.165, 1.54) is 12.0 Å². The molecular formula is C58H93NO16. The van der Waals surface area contributed by atoms with Gasteiger partial charge in [0.05, 0.1) is 64.1 Å². The molecular weight excluding hydrogens is 967 g/mol. The first-order valence-corrected chi connectivity index (χ1v) is 27.5. The fraction of sp³-hybridized carbons (Fsp3) is 0.776. The Balaban J connectivity index is 1.70. The van der Waals surface area contributed by atoms with Crippen molar-refractivity contribution in [1.82, 2.24) is 4.90 Å². The van der Waals surface area contributed by atoms with Crippen molar-refractivity contribution < 1.29 is 76.8 Å². The third-order valence-electron chi connectivity index (χ3n) is 15.8. The Hall–Kier alpha value is -3.49. The van der Waals surface area contributed by atoms with Crippen LogP contribution < -0.4 is 0 Å². The Kier molecular flexibility index (Phi) is 27.7. The van der Waals surface area contributed by atoms with Crippen molar-refractivity contribution in [2.75, 3.05) is 74.6 Å². The zero-order valence-corrected chi connectivity index (χ0v) is 47.0. The average Bonchev–Trinajstić information content (AvgIpc) is 3.39. The van der Waals surface area contributed by atoms with Crippen LogP contribution >= 0.6 is 0 Å². The molecule has 0 aromatic heterocycles. The molecule has 0 radical (unpaired) electrons. The van der Waals surface area contributed by atoms with Crippen molar-refractivity contribution in [1.29, 1.82) is 0 Å². The number of fused-ring (bicyclic) bond motifs is 3. The number of Topliss-reactive ketones (excluding diaryl/α,β-unsaturated/α-hetero) is 3. The van der Waals surface area contributed by atoms with Gasteiger partial charge in [0.2, 0.25) is 5.79 Å². The van der Waals surface area contributed by atoms with Gasteiger partial charge in [0.15, 0.2) is 5.78 Å². The van der Waals surface area contributed by atoms with E-state index in [-0.39, 0.29) is 73.9 Å². The molecule has 17 nitrogen and oxygen atoms in total. The van der Waals surface area contributed by atoms with Crippen LogP contribution in [0.25, 0.3) is 0 Å². The van der Waals surface area contributed by atoms with Crippen molar-refractivity contribution in [3.8, 4) is 0 Å². The van der Waals surface area contributed by atoms with E-state index in [0.717, 1.165) is 18.4 Å². The van der Waals surface area contributed by atoms with E-state index < -0.39 is 77.8 Å². The van der Waals surface area contributed by atoms with Gasteiger partial charge in [-0.1, -0.05) is 71.1 Å². The summed E-state index contributed by atoms with van der Waals surface area (Å²) in [6.07, 6.45) is 12.0. The number of allylic oxidation sites excluding steroid dienone is 6. The van der Waals surface area contributed by atoms with Gasteiger partial charge in [-0.15, -0.1) is 0 Å². The van der Waals surface area contributed by atoms with Crippen LogP contribution in [0, 0.1) is 35.5 Å². The number of piperidine rings is 1. The number of cyclic esters (lactones) is 1. The van der Waals surface area contributed by atoms with Gasteiger partial charge in [-0.2, -0.15) is 0 Å². The van der Waals surface area contributed by atoms with Crippen LogP contribution in [0.15, 0.2) is 47.6 Å². The molecule has 2 saturated heterocycles. The normalized spacial score (nSPS) is 36.6. The average molecular weight is 1060 g/mol. The Bertz CT molecular complexity index is 1930. The maximum Gasteiger partial charge on any atom is 0.329 e. The van der Waals surface area contributed by atoms with E-state index in [1.54, 1.807) is 48.2 Å². The second-order valence-electron chi connectivity index (χ2n) is 21.7. The van der Waals surface area contributed by atoms with Crippen LogP contribution in [0.4, 0.5) is 0 Å². The summed E-state index contributed by atoms with van der Waals surface area (Å²) in [7, 11) is 6.27. The maximum absolute atomic E-state index is 14.6. The highest BCUT2D eigenvalue weighted by molar-refractivity contribution is 6.39. The summed E-state index contributed by atoms with van der Waals surface area (Å²) in [4.78, 5) is 72.9. The van der Waals surface area contributed by atoms with Crippen LogP contribution in [0.1, 0.15) is 126 Å². The number of methoxy groups -OCH3 is 4. The molecule has 1 aliphatic carbocycles. The summed E-state index contributed by atoms with van der Waals surface area (Å²) in [6, 6.07) is -1.16. The van der Waals surface area contributed by atoms with Crippen molar-refractivity contribution in [2.45, 2.75) is 180 Å². The second kappa shape index (κ2) is 32.4. The van der Waals surface area contributed by atoms with Crippen molar-refractivity contribution in [3.05, 3.63) is 47.6 Å². The minimum Gasteiger partial charge on any atom is -0.460 e. The number of hydrogen-bond donors (Lipinski definition) is 2. The van der Waals surface area contributed by atoms with E-state index in [1.807, 2.05) is 58.1 Å². The van der Waals surface area contributed by atoms with Crippen LogP contribution in [-0.4, -0.2) is 174 Å². The molecule has 426 valence electrons. The summed E-state index contributed by atoms with van der Waals surface area (Å²) in [5.41, 5.74) is 1.24. The van der Waals surface area contributed by atoms with Crippen LogP contribution in [0.5, 0.6) is 0 Å². The fourth-order valence-corrected chi connectivity index (χ4v) is 11.0. The molecule has 15 atom stereocenters. The second-order valence-corrected chi connectivity index (χ2v) is 21.7. The number of amides is 1. The zero-order valence-electron chi connectivity index (χ0n) is 47.0. The molecule has 3 fully saturated rings. The van der Waals surface area contributed by atoms with E-state index in [2.05, 4.69) is 0 Å². The molecule has 3 aliphatic heterocycles. The Morgan fingerprint density at radius 2 is 1.48 bits per heavy atom. The molecule has 1 saturated carbocycles. The third-order valence-corrected chi connectivity index (χ3v) is 15.8. The number of nitrogens with zero attached hydrogens (tertiary/aromatic N) is 1. The minimum atomic E-state index is -2.47. The van der Waals surface area contributed by atoms with Gasteiger partial charge in [-0.05, 0) is 107 Å². The van der Waals surface area contributed by atoms with E-state index in [0.29, 0.717) is 83.6 Å². The first kappa shape index (κ1) is 64.0.